The van der Waals surface area contributed by atoms with E-state index in [4.69, 9.17) is 25.1 Å². The van der Waals surface area contributed by atoms with Gasteiger partial charge in [-0.05, 0) is 41.3 Å². The van der Waals surface area contributed by atoms with Gasteiger partial charge in [0.05, 0.1) is 6.61 Å². The first-order chi connectivity index (χ1) is 16.5. The van der Waals surface area contributed by atoms with E-state index < -0.39 is 5.54 Å². The molecule has 0 saturated heterocycles. The number of benzene rings is 2. The highest BCUT2D eigenvalue weighted by Crippen LogP contribution is 2.31. The third kappa shape index (κ3) is 6.48. The molecule has 1 heterocycles. The highest BCUT2D eigenvalue weighted by atomic mass is 16.5. The average molecular weight is 467 g/mol. The molecule has 0 spiro atoms. The summed E-state index contributed by atoms with van der Waals surface area (Å²) >= 11 is 0. The van der Waals surface area contributed by atoms with Crippen molar-refractivity contribution >= 4 is 17.5 Å². The second kappa shape index (κ2) is 12.0. The first kappa shape index (κ1) is 25.0. The molecule has 0 aromatic heterocycles. The lowest BCUT2D eigenvalue weighted by atomic mass is 9.91. The number of rotatable bonds is 12. The van der Waals surface area contributed by atoms with Crippen LogP contribution in [-0.4, -0.2) is 48.8 Å². The minimum absolute atomic E-state index is 0.0386. The maximum Gasteiger partial charge on any atom is 0.266 e. The summed E-state index contributed by atoms with van der Waals surface area (Å²) in [4.78, 5) is 20.9. The molecule has 0 fully saturated rings. The van der Waals surface area contributed by atoms with Gasteiger partial charge >= 0.3 is 0 Å². The Labute approximate surface area is 198 Å². The van der Waals surface area contributed by atoms with Gasteiger partial charge in [0.25, 0.3) is 5.91 Å². The zero-order valence-corrected chi connectivity index (χ0v) is 19.4. The van der Waals surface area contributed by atoms with Gasteiger partial charge in [0, 0.05) is 42.2 Å². The van der Waals surface area contributed by atoms with Crippen LogP contribution >= 0.6 is 0 Å². The number of hydrazine groups is 1. The average Bonchev–Trinajstić information content (AvgIpc) is 3.26. The smallest absolute Gasteiger partial charge is 0.266 e. The van der Waals surface area contributed by atoms with E-state index in [-0.39, 0.29) is 25.5 Å². The standard InChI is InChI=1S/C24H30N6O4/c1-17(2)15-26-29-23(32)24(14-19-6-3-4-7-21(19)28-30-25)16-34-22(27-24)18-8-10-20(11-9-18)33-13-5-12-31/h3-4,6-11,17,26,31H,5,12-16H2,1-2H3,(H,29,32)/t24-/m0/s1. The second-order valence-electron chi connectivity index (χ2n) is 8.41. The Kier molecular flexibility index (Phi) is 8.86. The molecule has 10 heteroatoms. The maximum absolute atomic E-state index is 13.3. The minimum Gasteiger partial charge on any atom is -0.494 e. The molecule has 0 aliphatic carbocycles. The summed E-state index contributed by atoms with van der Waals surface area (Å²) in [5.74, 6) is 1.03. The van der Waals surface area contributed by atoms with Gasteiger partial charge in [-0.25, -0.2) is 10.4 Å². The van der Waals surface area contributed by atoms with Crippen LogP contribution in [0.25, 0.3) is 10.4 Å². The van der Waals surface area contributed by atoms with Crippen LogP contribution in [0, 0.1) is 5.92 Å². The number of aliphatic hydroxyl groups excluding tert-OH is 1. The molecule has 180 valence electrons. The number of carbonyl (C=O) groups excluding carboxylic acids is 1. The summed E-state index contributed by atoms with van der Waals surface area (Å²) in [5.41, 5.74) is 15.2. The normalized spacial score (nSPS) is 17.0. The first-order valence-electron chi connectivity index (χ1n) is 11.2. The monoisotopic (exact) mass is 466 g/mol. The van der Waals surface area contributed by atoms with Crippen LogP contribution in [0.2, 0.25) is 0 Å². The molecule has 1 atom stereocenters. The Hall–Kier alpha value is -3.59. The molecule has 0 bridgehead atoms. The lowest BCUT2D eigenvalue weighted by Crippen LogP contribution is -2.53. The van der Waals surface area contributed by atoms with Crippen LogP contribution in [0.5, 0.6) is 5.75 Å². The molecule has 0 saturated carbocycles. The van der Waals surface area contributed by atoms with Gasteiger partial charge in [0.15, 0.2) is 5.54 Å². The summed E-state index contributed by atoms with van der Waals surface area (Å²) in [6, 6.07) is 14.3. The molecule has 1 aliphatic rings. The van der Waals surface area contributed by atoms with Crippen molar-refractivity contribution in [1.29, 1.82) is 0 Å². The highest BCUT2D eigenvalue weighted by Gasteiger charge is 2.45. The molecule has 1 aliphatic heterocycles. The van der Waals surface area contributed by atoms with Crippen LogP contribution in [0.4, 0.5) is 5.69 Å². The van der Waals surface area contributed by atoms with Gasteiger partial charge in [-0.3, -0.25) is 10.2 Å². The quantitative estimate of drug-likeness (QED) is 0.144. The number of ether oxygens (including phenoxy) is 2. The fourth-order valence-electron chi connectivity index (χ4n) is 3.40. The fourth-order valence-corrected chi connectivity index (χ4v) is 3.40. The number of amides is 1. The summed E-state index contributed by atoms with van der Waals surface area (Å²) in [7, 11) is 0. The van der Waals surface area contributed by atoms with E-state index in [1.54, 1.807) is 24.3 Å². The number of hydrogen-bond acceptors (Lipinski definition) is 7. The first-order valence-corrected chi connectivity index (χ1v) is 11.2. The highest BCUT2D eigenvalue weighted by molar-refractivity contribution is 6.00. The van der Waals surface area contributed by atoms with Gasteiger partial charge < -0.3 is 14.6 Å². The van der Waals surface area contributed by atoms with Crippen molar-refractivity contribution in [2.24, 2.45) is 16.0 Å². The predicted octanol–water partition coefficient (Wildman–Crippen LogP) is 3.42. The number of carbonyl (C=O) groups is 1. The van der Waals surface area contributed by atoms with Crippen molar-refractivity contribution in [1.82, 2.24) is 10.9 Å². The number of nitrogens with one attached hydrogen (secondary N) is 2. The van der Waals surface area contributed by atoms with E-state index in [1.165, 1.54) is 0 Å². The summed E-state index contributed by atoms with van der Waals surface area (Å²) in [5, 5.41) is 12.6. The molecule has 3 rings (SSSR count). The third-order valence-corrected chi connectivity index (χ3v) is 5.20. The van der Waals surface area contributed by atoms with Crippen molar-refractivity contribution in [3.05, 3.63) is 70.1 Å². The Morgan fingerprint density at radius 2 is 2.06 bits per heavy atom. The Morgan fingerprint density at radius 1 is 1.29 bits per heavy atom. The number of azide groups is 1. The van der Waals surface area contributed by atoms with Crippen molar-refractivity contribution in [2.75, 3.05) is 26.4 Å². The predicted molar refractivity (Wildman–Crippen MR) is 129 cm³/mol. The van der Waals surface area contributed by atoms with Crippen LogP contribution in [0.1, 0.15) is 31.4 Å². The van der Waals surface area contributed by atoms with E-state index in [1.807, 2.05) is 38.1 Å². The topological polar surface area (TPSA) is 141 Å². The van der Waals surface area contributed by atoms with Gasteiger partial charge in [-0.1, -0.05) is 43.2 Å². The van der Waals surface area contributed by atoms with Gasteiger partial charge in [-0.15, -0.1) is 0 Å². The molecule has 2 aromatic carbocycles. The zero-order valence-electron chi connectivity index (χ0n) is 19.4. The largest absolute Gasteiger partial charge is 0.494 e. The van der Waals surface area contributed by atoms with Gasteiger partial charge in [0.1, 0.15) is 12.4 Å². The number of aliphatic hydroxyl groups is 1. The molecule has 2 aromatic rings. The summed E-state index contributed by atoms with van der Waals surface area (Å²) in [6.07, 6.45) is 0.751. The van der Waals surface area contributed by atoms with E-state index in [9.17, 15) is 4.79 Å². The van der Waals surface area contributed by atoms with Crippen molar-refractivity contribution in [3.63, 3.8) is 0 Å². The molecule has 0 unspecified atom stereocenters. The van der Waals surface area contributed by atoms with E-state index in [2.05, 4.69) is 20.9 Å². The van der Waals surface area contributed by atoms with Crippen LogP contribution in [-0.2, 0) is 16.0 Å². The molecular weight excluding hydrogens is 436 g/mol. The lowest BCUT2D eigenvalue weighted by Gasteiger charge is -2.24. The van der Waals surface area contributed by atoms with E-state index >= 15 is 0 Å². The number of hydrogen-bond donors (Lipinski definition) is 3. The fraction of sp³-hybridized carbons (Fsp3) is 0.417. The lowest BCUT2D eigenvalue weighted by molar-refractivity contribution is -0.127. The van der Waals surface area contributed by atoms with Crippen LogP contribution in [0.3, 0.4) is 0 Å². The SMILES string of the molecule is CC(C)CNNC(=O)[C@]1(Cc2ccccc2N=[N+]=[N-])COC(c2ccc(OCCCO)cc2)=N1. The van der Waals surface area contributed by atoms with E-state index in [0.29, 0.717) is 54.0 Å². The Bertz CT molecular complexity index is 1050. The van der Waals surface area contributed by atoms with Gasteiger partial charge in [0.2, 0.25) is 5.90 Å². The molecule has 1 amide bonds. The van der Waals surface area contributed by atoms with Crippen molar-refractivity contribution in [3.8, 4) is 5.75 Å². The number of nitrogens with zero attached hydrogens (tertiary/aromatic N) is 4. The van der Waals surface area contributed by atoms with Crippen molar-refractivity contribution < 1.29 is 19.4 Å². The second-order valence-corrected chi connectivity index (χ2v) is 8.41. The molecule has 34 heavy (non-hydrogen) atoms. The molecule has 0 radical (unpaired) electrons. The summed E-state index contributed by atoms with van der Waals surface area (Å²) in [6.45, 7) is 5.21. The van der Waals surface area contributed by atoms with Crippen molar-refractivity contribution in [2.45, 2.75) is 32.2 Å². The summed E-state index contributed by atoms with van der Waals surface area (Å²) < 4.78 is 11.5. The zero-order chi connectivity index (χ0) is 24.4. The molecular formula is C24H30N6O4. The number of aliphatic imine (C=N–C) groups is 1. The van der Waals surface area contributed by atoms with Gasteiger partial charge in [-0.2, -0.15) is 0 Å². The Balaban J connectivity index is 1.87. The van der Waals surface area contributed by atoms with Crippen LogP contribution in [0.15, 0.2) is 58.6 Å². The third-order valence-electron chi connectivity index (χ3n) is 5.20. The van der Waals surface area contributed by atoms with E-state index in [0.717, 1.165) is 0 Å². The maximum atomic E-state index is 13.3. The Morgan fingerprint density at radius 3 is 2.76 bits per heavy atom. The molecule has 10 nitrogen and oxygen atoms in total. The molecule has 3 N–H and O–H groups in total. The minimum atomic E-state index is -1.24. The van der Waals surface area contributed by atoms with Crippen LogP contribution < -0.4 is 15.6 Å².